The van der Waals surface area contributed by atoms with Crippen LogP contribution >= 0.6 is 0 Å². The number of ether oxygens (including phenoxy) is 1. The SMILES string of the molecule is C#Cc1cc(/C=C/c2ccc(OCCCCCC)cc2)cc(/C=C/c2ccc(N(c3ccccc3)c3ccccc3)cc2)c1. The van der Waals surface area contributed by atoms with Crippen LogP contribution in [0.1, 0.15) is 60.4 Å². The van der Waals surface area contributed by atoms with E-state index in [1.54, 1.807) is 0 Å². The molecule has 5 rings (SSSR count). The molecule has 2 heteroatoms. The highest BCUT2D eigenvalue weighted by atomic mass is 16.5. The Hall–Kier alpha value is -5.26. The molecule has 0 spiro atoms. The third-order valence-electron chi connectivity index (χ3n) is 7.41. The van der Waals surface area contributed by atoms with E-state index >= 15 is 0 Å². The summed E-state index contributed by atoms with van der Waals surface area (Å²) in [6, 6.07) is 44.0. The molecule has 44 heavy (non-hydrogen) atoms. The molecular weight excluding hydrogens is 534 g/mol. The highest BCUT2D eigenvalue weighted by molar-refractivity contribution is 5.79. The molecule has 0 saturated heterocycles. The fourth-order valence-corrected chi connectivity index (χ4v) is 5.07. The minimum Gasteiger partial charge on any atom is -0.494 e. The smallest absolute Gasteiger partial charge is 0.119 e. The van der Waals surface area contributed by atoms with Gasteiger partial charge in [0.25, 0.3) is 0 Å². The number of benzene rings is 5. The second kappa shape index (κ2) is 15.8. The van der Waals surface area contributed by atoms with Crippen molar-refractivity contribution in [3.8, 4) is 18.1 Å². The number of unbranched alkanes of at least 4 members (excludes halogenated alkanes) is 3. The predicted octanol–water partition coefficient (Wildman–Crippen LogP) is 11.4. The first-order valence-electron chi connectivity index (χ1n) is 15.4. The molecule has 5 aromatic carbocycles. The first-order chi connectivity index (χ1) is 21.7. The second-order valence-electron chi connectivity index (χ2n) is 10.8. The zero-order valence-corrected chi connectivity index (χ0v) is 25.4. The number of para-hydroxylation sites is 2. The number of anilines is 3. The van der Waals surface area contributed by atoms with Gasteiger partial charge in [0.1, 0.15) is 5.75 Å². The lowest BCUT2D eigenvalue weighted by Gasteiger charge is -2.25. The summed E-state index contributed by atoms with van der Waals surface area (Å²) in [6.45, 7) is 2.99. The molecule has 0 fully saturated rings. The molecule has 5 aromatic rings. The Bertz CT molecular complexity index is 1650. The van der Waals surface area contributed by atoms with Crippen LogP contribution in [0.3, 0.4) is 0 Å². The number of terminal acetylenes is 1. The highest BCUT2D eigenvalue weighted by Gasteiger charge is 2.11. The molecule has 0 bridgehead atoms. The Balaban J connectivity index is 1.27. The maximum atomic E-state index is 5.88. The van der Waals surface area contributed by atoms with E-state index in [9.17, 15) is 0 Å². The fraction of sp³-hybridized carbons (Fsp3) is 0.143. The van der Waals surface area contributed by atoms with E-state index in [4.69, 9.17) is 11.2 Å². The first-order valence-corrected chi connectivity index (χ1v) is 15.4. The van der Waals surface area contributed by atoms with Crippen LogP contribution in [-0.2, 0) is 0 Å². The van der Waals surface area contributed by atoms with Crippen molar-refractivity contribution in [2.24, 2.45) is 0 Å². The van der Waals surface area contributed by atoms with Crippen LogP contribution in [0.25, 0.3) is 24.3 Å². The summed E-state index contributed by atoms with van der Waals surface area (Å²) in [5.41, 5.74) is 8.56. The zero-order chi connectivity index (χ0) is 30.4. The van der Waals surface area contributed by atoms with E-state index in [0.717, 1.165) is 63.7 Å². The fourth-order valence-electron chi connectivity index (χ4n) is 5.07. The van der Waals surface area contributed by atoms with Gasteiger partial charge in [-0.1, -0.05) is 117 Å². The number of hydrogen-bond donors (Lipinski definition) is 0. The minimum absolute atomic E-state index is 0.772. The van der Waals surface area contributed by atoms with Crippen molar-refractivity contribution in [2.75, 3.05) is 11.5 Å². The first kappa shape index (κ1) is 30.2. The average molecular weight is 574 g/mol. The van der Waals surface area contributed by atoms with Crippen LogP contribution in [0, 0.1) is 12.3 Å². The van der Waals surface area contributed by atoms with Gasteiger partial charge in [0.05, 0.1) is 6.61 Å². The molecular formula is C42H39NO. The van der Waals surface area contributed by atoms with Crippen LogP contribution in [0.4, 0.5) is 17.1 Å². The Morgan fingerprint density at radius 1 is 0.568 bits per heavy atom. The quantitative estimate of drug-likeness (QED) is 0.0789. The van der Waals surface area contributed by atoms with Crippen molar-refractivity contribution in [1.29, 1.82) is 0 Å². The van der Waals surface area contributed by atoms with Gasteiger partial charge < -0.3 is 9.64 Å². The minimum atomic E-state index is 0.772. The van der Waals surface area contributed by atoms with E-state index in [0.29, 0.717) is 0 Å². The van der Waals surface area contributed by atoms with E-state index in [1.165, 1.54) is 19.3 Å². The van der Waals surface area contributed by atoms with Crippen molar-refractivity contribution >= 4 is 41.4 Å². The Morgan fingerprint density at radius 3 is 1.59 bits per heavy atom. The molecule has 0 aliphatic rings. The molecule has 0 aromatic heterocycles. The number of rotatable bonds is 13. The zero-order valence-electron chi connectivity index (χ0n) is 25.4. The Labute approximate surface area is 263 Å². The lowest BCUT2D eigenvalue weighted by molar-refractivity contribution is 0.305. The molecule has 0 aliphatic carbocycles. The van der Waals surface area contributed by atoms with Gasteiger partial charge >= 0.3 is 0 Å². The maximum absolute atomic E-state index is 5.88. The van der Waals surface area contributed by atoms with Crippen molar-refractivity contribution in [3.63, 3.8) is 0 Å². The van der Waals surface area contributed by atoms with Gasteiger partial charge in [0, 0.05) is 22.6 Å². The summed E-state index contributed by atoms with van der Waals surface area (Å²) in [4.78, 5) is 2.26. The molecule has 0 radical (unpaired) electrons. The van der Waals surface area contributed by atoms with Crippen LogP contribution in [0.15, 0.2) is 127 Å². The summed E-state index contributed by atoms with van der Waals surface area (Å²) in [6.07, 6.45) is 19.1. The number of hydrogen-bond acceptors (Lipinski definition) is 2. The van der Waals surface area contributed by atoms with Gasteiger partial charge in [0.15, 0.2) is 0 Å². The monoisotopic (exact) mass is 573 g/mol. The lowest BCUT2D eigenvalue weighted by atomic mass is 10.0. The third kappa shape index (κ3) is 8.63. The van der Waals surface area contributed by atoms with Crippen molar-refractivity contribution in [1.82, 2.24) is 0 Å². The standard InChI is InChI=1S/C42H39NO/c1-3-5-6-13-30-44-42-28-24-36(25-29-42)19-21-38-32-34(4-2)31-37(33-38)20-18-35-22-26-41(27-23-35)43(39-14-9-7-10-15-39)40-16-11-8-12-17-40/h2,7-12,14-29,31-33H,3,5-6,13,30H2,1H3/b20-18+,21-19+. The molecule has 0 amide bonds. The second-order valence-corrected chi connectivity index (χ2v) is 10.8. The normalized spacial score (nSPS) is 11.1. The largest absolute Gasteiger partial charge is 0.494 e. The molecule has 0 atom stereocenters. The molecule has 0 unspecified atom stereocenters. The van der Waals surface area contributed by atoms with Crippen LogP contribution in [-0.4, -0.2) is 6.61 Å². The molecule has 218 valence electrons. The predicted molar refractivity (Wildman–Crippen MR) is 189 cm³/mol. The van der Waals surface area contributed by atoms with Gasteiger partial charge in [-0.3, -0.25) is 0 Å². The van der Waals surface area contributed by atoms with E-state index in [2.05, 4.69) is 133 Å². The van der Waals surface area contributed by atoms with Crippen LogP contribution < -0.4 is 9.64 Å². The van der Waals surface area contributed by atoms with E-state index in [1.807, 2.05) is 36.4 Å². The topological polar surface area (TPSA) is 12.5 Å². The van der Waals surface area contributed by atoms with Gasteiger partial charge in [-0.05, 0) is 95.4 Å². The maximum Gasteiger partial charge on any atom is 0.119 e. The van der Waals surface area contributed by atoms with Gasteiger partial charge in [0.2, 0.25) is 0 Å². The molecule has 0 aliphatic heterocycles. The summed E-state index contributed by atoms with van der Waals surface area (Å²) < 4.78 is 5.88. The molecule has 0 saturated carbocycles. The van der Waals surface area contributed by atoms with Crippen LogP contribution in [0.2, 0.25) is 0 Å². The van der Waals surface area contributed by atoms with Gasteiger partial charge in [-0.2, -0.15) is 0 Å². The summed E-state index contributed by atoms with van der Waals surface area (Å²) in [7, 11) is 0. The van der Waals surface area contributed by atoms with Gasteiger partial charge in [-0.25, -0.2) is 0 Å². The third-order valence-corrected chi connectivity index (χ3v) is 7.41. The van der Waals surface area contributed by atoms with Crippen molar-refractivity contribution in [3.05, 3.63) is 155 Å². The average Bonchev–Trinajstić information content (AvgIpc) is 3.08. The summed E-state index contributed by atoms with van der Waals surface area (Å²) in [5, 5.41) is 0. The van der Waals surface area contributed by atoms with Crippen LogP contribution in [0.5, 0.6) is 5.75 Å². The molecule has 0 N–H and O–H groups in total. The molecule has 2 nitrogen and oxygen atoms in total. The summed E-state index contributed by atoms with van der Waals surface area (Å²) in [5.74, 6) is 3.72. The van der Waals surface area contributed by atoms with E-state index < -0.39 is 0 Å². The Kier molecular flexibility index (Phi) is 10.9. The van der Waals surface area contributed by atoms with Crippen molar-refractivity contribution < 1.29 is 4.74 Å². The summed E-state index contributed by atoms with van der Waals surface area (Å²) >= 11 is 0. The Morgan fingerprint density at radius 2 is 1.07 bits per heavy atom. The van der Waals surface area contributed by atoms with E-state index in [-0.39, 0.29) is 0 Å². The highest BCUT2D eigenvalue weighted by Crippen LogP contribution is 2.34. The lowest BCUT2D eigenvalue weighted by Crippen LogP contribution is -2.09. The molecule has 0 heterocycles. The number of nitrogens with zero attached hydrogens (tertiary/aromatic N) is 1. The van der Waals surface area contributed by atoms with Gasteiger partial charge in [-0.15, -0.1) is 6.42 Å². The van der Waals surface area contributed by atoms with Crippen molar-refractivity contribution in [2.45, 2.75) is 32.6 Å².